The van der Waals surface area contributed by atoms with Crippen molar-refractivity contribution in [3.63, 3.8) is 0 Å². The van der Waals surface area contributed by atoms with Crippen LogP contribution in [0, 0.1) is 3.57 Å². The predicted molar refractivity (Wildman–Crippen MR) is 66.6 cm³/mol. The molecule has 0 saturated carbocycles. The van der Waals surface area contributed by atoms with Gasteiger partial charge in [-0.1, -0.05) is 12.1 Å². The van der Waals surface area contributed by atoms with E-state index in [2.05, 4.69) is 59.1 Å². The highest BCUT2D eigenvalue weighted by Gasteiger charge is 2.24. The minimum atomic E-state index is 0.325. The average Bonchev–Trinajstić information content (AvgIpc) is 2.56. The van der Waals surface area contributed by atoms with Gasteiger partial charge in [-0.15, -0.1) is 0 Å². The molecule has 1 aliphatic rings. The third-order valence-electron chi connectivity index (χ3n) is 2.59. The molecule has 2 nitrogen and oxygen atoms in total. The van der Waals surface area contributed by atoms with Crippen molar-refractivity contribution in [2.24, 2.45) is 0 Å². The smallest absolute Gasteiger partial charge is 0.0748 e. The first-order valence-corrected chi connectivity index (χ1v) is 5.98. The minimum absolute atomic E-state index is 0.325. The van der Waals surface area contributed by atoms with Crippen LogP contribution in [0.4, 0.5) is 5.69 Å². The van der Waals surface area contributed by atoms with Crippen molar-refractivity contribution in [2.45, 2.75) is 25.5 Å². The molecule has 1 aliphatic heterocycles. The highest BCUT2D eigenvalue weighted by atomic mass is 127. The summed E-state index contributed by atoms with van der Waals surface area (Å²) in [5.74, 6) is 0. The number of ether oxygens (including phenoxy) is 1. The van der Waals surface area contributed by atoms with E-state index < -0.39 is 0 Å². The molecule has 2 rings (SSSR count). The summed E-state index contributed by atoms with van der Waals surface area (Å²) in [6.45, 7) is 3.00. The molecule has 0 amide bonds. The van der Waals surface area contributed by atoms with Gasteiger partial charge in [0.15, 0.2) is 0 Å². The summed E-state index contributed by atoms with van der Waals surface area (Å²) in [6.07, 6.45) is 1.43. The van der Waals surface area contributed by atoms with Gasteiger partial charge < -0.3 is 10.1 Å². The SMILES string of the molecule is C[C@@H]1OCC[C@H]1Nc1ccccc1I. The molecular weight excluding hydrogens is 289 g/mol. The molecule has 0 spiro atoms. The molecule has 1 aromatic carbocycles. The van der Waals surface area contributed by atoms with Gasteiger partial charge in [0.05, 0.1) is 12.1 Å². The molecule has 1 heterocycles. The molecule has 1 aromatic rings. The molecule has 2 atom stereocenters. The second-order valence-electron chi connectivity index (χ2n) is 3.60. The summed E-state index contributed by atoms with van der Waals surface area (Å²) in [7, 11) is 0. The van der Waals surface area contributed by atoms with Crippen molar-refractivity contribution < 1.29 is 4.74 Å². The standard InChI is InChI=1S/C11H14INO/c1-8-10(6-7-14-8)13-11-5-3-2-4-9(11)12/h2-5,8,10,13H,6-7H2,1H3/t8-,10+/m0/s1. The summed E-state index contributed by atoms with van der Waals surface area (Å²) in [5.41, 5.74) is 1.22. The molecule has 1 N–H and O–H groups in total. The fraction of sp³-hybridized carbons (Fsp3) is 0.455. The molecule has 0 aliphatic carbocycles. The van der Waals surface area contributed by atoms with Crippen molar-refractivity contribution >= 4 is 28.3 Å². The zero-order valence-corrected chi connectivity index (χ0v) is 10.3. The summed E-state index contributed by atoms with van der Waals surface area (Å²) < 4.78 is 6.78. The third kappa shape index (κ3) is 2.20. The topological polar surface area (TPSA) is 21.3 Å². The molecule has 76 valence electrons. The summed E-state index contributed by atoms with van der Waals surface area (Å²) in [6, 6.07) is 8.81. The Labute approximate surface area is 98.2 Å². The van der Waals surface area contributed by atoms with Gasteiger partial charge >= 0.3 is 0 Å². The lowest BCUT2D eigenvalue weighted by atomic mass is 10.1. The first-order valence-electron chi connectivity index (χ1n) is 4.90. The average molecular weight is 303 g/mol. The molecule has 0 bridgehead atoms. The number of anilines is 1. The first-order chi connectivity index (χ1) is 6.77. The van der Waals surface area contributed by atoms with E-state index in [9.17, 15) is 0 Å². The lowest BCUT2D eigenvalue weighted by Gasteiger charge is -2.18. The molecular formula is C11H14INO. The second kappa shape index (κ2) is 4.49. The Morgan fingerprint density at radius 3 is 2.86 bits per heavy atom. The van der Waals surface area contributed by atoms with Crippen molar-refractivity contribution in [1.29, 1.82) is 0 Å². The van der Waals surface area contributed by atoms with E-state index in [1.807, 2.05) is 0 Å². The molecule has 1 saturated heterocycles. The predicted octanol–water partition coefficient (Wildman–Crippen LogP) is 2.88. The normalized spacial score (nSPS) is 26.4. The van der Waals surface area contributed by atoms with Gasteiger partial charge in [-0.3, -0.25) is 0 Å². The molecule has 0 unspecified atom stereocenters. The Morgan fingerprint density at radius 2 is 2.21 bits per heavy atom. The minimum Gasteiger partial charge on any atom is -0.379 e. The molecule has 0 radical (unpaired) electrons. The quantitative estimate of drug-likeness (QED) is 0.848. The van der Waals surface area contributed by atoms with E-state index in [0.29, 0.717) is 12.1 Å². The molecule has 0 aromatic heterocycles. The van der Waals surface area contributed by atoms with Crippen molar-refractivity contribution in [3.8, 4) is 0 Å². The highest BCUT2D eigenvalue weighted by molar-refractivity contribution is 14.1. The highest BCUT2D eigenvalue weighted by Crippen LogP contribution is 2.22. The van der Waals surface area contributed by atoms with E-state index in [-0.39, 0.29) is 0 Å². The van der Waals surface area contributed by atoms with Crippen LogP contribution in [0.2, 0.25) is 0 Å². The molecule has 1 fully saturated rings. The van der Waals surface area contributed by atoms with Gasteiger partial charge in [0, 0.05) is 15.9 Å². The van der Waals surface area contributed by atoms with Crippen LogP contribution in [0.3, 0.4) is 0 Å². The van der Waals surface area contributed by atoms with Crippen LogP contribution in [-0.2, 0) is 4.74 Å². The van der Waals surface area contributed by atoms with E-state index in [0.717, 1.165) is 13.0 Å². The van der Waals surface area contributed by atoms with Crippen LogP contribution in [-0.4, -0.2) is 18.8 Å². The Balaban J connectivity index is 2.07. The number of rotatable bonds is 2. The van der Waals surface area contributed by atoms with Crippen LogP contribution in [0.25, 0.3) is 0 Å². The van der Waals surface area contributed by atoms with E-state index in [1.165, 1.54) is 9.26 Å². The first kappa shape index (κ1) is 10.2. The summed E-state index contributed by atoms with van der Waals surface area (Å²) >= 11 is 2.35. The van der Waals surface area contributed by atoms with Crippen LogP contribution in [0.15, 0.2) is 24.3 Å². The summed E-state index contributed by atoms with van der Waals surface area (Å²) in [5, 5.41) is 3.53. The van der Waals surface area contributed by atoms with Crippen molar-refractivity contribution in [2.75, 3.05) is 11.9 Å². The molecule has 3 heteroatoms. The van der Waals surface area contributed by atoms with Crippen molar-refractivity contribution in [1.82, 2.24) is 0 Å². The van der Waals surface area contributed by atoms with Gasteiger partial charge in [0.1, 0.15) is 0 Å². The fourth-order valence-corrected chi connectivity index (χ4v) is 2.24. The number of hydrogen-bond acceptors (Lipinski definition) is 2. The van der Waals surface area contributed by atoms with Crippen molar-refractivity contribution in [3.05, 3.63) is 27.8 Å². The second-order valence-corrected chi connectivity index (χ2v) is 4.76. The van der Waals surface area contributed by atoms with Crippen LogP contribution in [0.1, 0.15) is 13.3 Å². The van der Waals surface area contributed by atoms with E-state index >= 15 is 0 Å². The lowest BCUT2D eigenvalue weighted by Crippen LogP contribution is -2.26. The maximum Gasteiger partial charge on any atom is 0.0748 e. The van der Waals surface area contributed by atoms with Crippen LogP contribution >= 0.6 is 22.6 Å². The zero-order valence-electron chi connectivity index (χ0n) is 8.16. The number of nitrogens with one attached hydrogen (secondary N) is 1. The number of halogens is 1. The van der Waals surface area contributed by atoms with Gasteiger partial charge in [-0.05, 0) is 48.1 Å². The Bertz CT molecular complexity index is 316. The molecule has 14 heavy (non-hydrogen) atoms. The fourth-order valence-electron chi connectivity index (χ4n) is 1.70. The van der Waals surface area contributed by atoms with Gasteiger partial charge in [0.2, 0.25) is 0 Å². The Hall–Kier alpha value is -0.290. The Morgan fingerprint density at radius 1 is 1.43 bits per heavy atom. The maximum absolute atomic E-state index is 5.51. The number of hydrogen-bond donors (Lipinski definition) is 1. The maximum atomic E-state index is 5.51. The summed E-state index contributed by atoms with van der Waals surface area (Å²) in [4.78, 5) is 0. The number of benzene rings is 1. The van der Waals surface area contributed by atoms with Gasteiger partial charge in [-0.25, -0.2) is 0 Å². The monoisotopic (exact) mass is 303 g/mol. The zero-order chi connectivity index (χ0) is 9.97. The number of para-hydroxylation sites is 1. The van der Waals surface area contributed by atoms with Gasteiger partial charge in [0.25, 0.3) is 0 Å². The largest absolute Gasteiger partial charge is 0.379 e. The van der Waals surface area contributed by atoms with E-state index in [1.54, 1.807) is 0 Å². The third-order valence-corrected chi connectivity index (χ3v) is 3.53. The lowest BCUT2D eigenvalue weighted by molar-refractivity contribution is 0.121. The van der Waals surface area contributed by atoms with E-state index in [4.69, 9.17) is 4.74 Å². The van der Waals surface area contributed by atoms with Crippen LogP contribution in [0.5, 0.6) is 0 Å². The Kier molecular flexibility index (Phi) is 3.28. The van der Waals surface area contributed by atoms with Gasteiger partial charge in [-0.2, -0.15) is 0 Å². The van der Waals surface area contributed by atoms with Crippen LogP contribution < -0.4 is 5.32 Å².